The predicted molar refractivity (Wildman–Crippen MR) is 33.6 cm³/mol. The Morgan fingerprint density at radius 2 is 2.30 bits per heavy atom. The highest BCUT2D eigenvalue weighted by molar-refractivity contribution is 5.67. The summed E-state index contributed by atoms with van der Waals surface area (Å²) in [6.45, 7) is 0. The monoisotopic (exact) mass is 136 g/mol. The molecule has 0 saturated heterocycles. The Kier molecular flexibility index (Phi) is 0.917. The van der Waals surface area contributed by atoms with E-state index >= 15 is 0 Å². The summed E-state index contributed by atoms with van der Waals surface area (Å²) < 4.78 is 6.04. The van der Waals surface area contributed by atoms with Crippen LogP contribution in [0.25, 0.3) is 11.1 Å². The zero-order chi connectivity index (χ0) is 6.97. The van der Waals surface area contributed by atoms with Crippen molar-refractivity contribution in [1.29, 1.82) is 0 Å². The van der Waals surface area contributed by atoms with Crippen molar-refractivity contribution in [2.45, 2.75) is 0 Å². The van der Waals surface area contributed by atoms with Gasteiger partial charge >= 0.3 is 5.52 Å². The largest absolute Gasteiger partial charge is 0.458 e. The van der Waals surface area contributed by atoms with Crippen molar-refractivity contribution in [2.75, 3.05) is 0 Å². The van der Waals surface area contributed by atoms with E-state index in [1.165, 1.54) is 6.26 Å². The molecular weight excluding hydrogens is 130 g/mol. The molecule has 0 atom stereocenters. The molecule has 0 aliphatic heterocycles. The number of hydrogen-bond acceptors (Lipinski definition) is 2. The van der Waals surface area contributed by atoms with Crippen molar-refractivity contribution in [2.24, 2.45) is 0 Å². The summed E-state index contributed by atoms with van der Waals surface area (Å²) >= 11 is 0. The fourth-order valence-electron chi connectivity index (χ4n) is 0.920. The van der Waals surface area contributed by atoms with Crippen LogP contribution in [-0.4, -0.2) is 5.21 Å². The molecule has 0 aliphatic rings. The smallest absolute Gasteiger partial charge is 0.302 e. The summed E-state index contributed by atoms with van der Waals surface area (Å²) in [4.78, 5) is 0. The average Bonchev–Trinajstić information content (AvgIpc) is 2.36. The maximum atomic E-state index is 9.12. The van der Waals surface area contributed by atoms with E-state index in [2.05, 4.69) is 0 Å². The first-order valence-corrected chi connectivity index (χ1v) is 2.95. The van der Waals surface area contributed by atoms with Crippen LogP contribution in [0.15, 0.2) is 35.1 Å². The molecule has 0 spiro atoms. The molecule has 0 aromatic carbocycles. The summed E-state index contributed by atoms with van der Waals surface area (Å²) in [6, 6.07) is 5.21. The molecule has 50 valence electrons. The van der Waals surface area contributed by atoms with Gasteiger partial charge in [0.05, 0.1) is 12.3 Å². The average molecular weight is 136 g/mol. The Morgan fingerprint density at radius 3 is 3.10 bits per heavy atom. The highest BCUT2D eigenvalue weighted by Gasteiger charge is 2.07. The lowest BCUT2D eigenvalue weighted by molar-refractivity contribution is -0.884. The molecule has 0 amide bonds. The molecule has 3 nitrogen and oxygen atoms in total. The molecular formula is C7H6NO2+. The number of furan rings is 1. The van der Waals surface area contributed by atoms with E-state index in [1.807, 2.05) is 0 Å². The van der Waals surface area contributed by atoms with E-state index in [0.29, 0.717) is 11.1 Å². The second kappa shape index (κ2) is 1.73. The lowest BCUT2D eigenvalue weighted by Gasteiger charge is -1.81. The lowest BCUT2D eigenvalue weighted by Crippen LogP contribution is -2.28. The Hall–Kier alpha value is -1.51. The Bertz CT molecular complexity index is 353. The fourth-order valence-corrected chi connectivity index (χ4v) is 0.920. The molecule has 0 unspecified atom stereocenters. The van der Waals surface area contributed by atoms with E-state index < -0.39 is 0 Å². The van der Waals surface area contributed by atoms with Crippen molar-refractivity contribution in [3.05, 3.63) is 30.7 Å². The Balaban J connectivity index is 2.95. The highest BCUT2D eigenvalue weighted by atomic mass is 16.5. The molecule has 2 aromatic heterocycles. The topological polar surface area (TPSA) is 37.2 Å². The Morgan fingerprint density at radius 1 is 1.40 bits per heavy atom. The third kappa shape index (κ3) is 0.572. The van der Waals surface area contributed by atoms with Crippen LogP contribution in [0.1, 0.15) is 0 Å². The summed E-state index contributed by atoms with van der Waals surface area (Å²) in [5.74, 6) is 0. The molecule has 0 aliphatic carbocycles. The summed E-state index contributed by atoms with van der Waals surface area (Å²) in [5, 5.41) is 9.12. The molecule has 0 radical (unpaired) electrons. The maximum Gasteiger partial charge on any atom is 0.302 e. The van der Waals surface area contributed by atoms with Crippen LogP contribution in [-0.2, 0) is 0 Å². The molecule has 0 bridgehead atoms. The van der Waals surface area contributed by atoms with E-state index in [1.54, 1.807) is 24.4 Å². The van der Waals surface area contributed by atoms with Crippen LogP contribution in [0.2, 0.25) is 0 Å². The van der Waals surface area contributed by atoms with Gasteiger partial charge in [-0.25, -0.2) is 0 Å². The minimum absolute atomic E-state index is 0.683. The van der Waals surface area contributed by atoms with Gasteiger partial charge in [0.1, 0.15) is 0 Å². The first-order chi connectivity index (χ1) is 4.88. The predicted octanol–water partition coefficient (Wildman–Crippen LogP) is 0.958. The van der Waals surface area contributed by atoms with Gasteiger partial charge in [0.2, 0.25) is 11.8 Å². The van der Waals surface area contributed by atoms with Crippen LogP contribution in [0, 0.1) is 0 Å². The van der Waals surface area contributed by atoms with Gasteiger partial charge in [-0.1, -0.05) is 0 Å². The summed E-state index contributed by atoms with van der Waals surface area (Å²) in [6.07, 6.45) is 3.09. The van der Waals surface area contributed by atoms with E-state index in [9.17, 15) is 0 Å². The third-order valence-electron chi connectivity index (χ3n) is 1.40. The molecule has 2 rings (SSSR count). The first-order valence-electron chi connectivity index (χ1n) is 2.95. The second-order valence-electron chi connectivity index (χ2n) is 2.02. The highest BCUT2D eigenvalue weighted by Crippen LogP contribution is 2.07. The van der Waals surface area contributed by atoms with Crippen LogP contribution >= 0.6 is 0 Å². The van der Waals surface area contributed by atoms with Gasteiger partial charge in [-0.2, -0.15) is 0 Å². The van der Waals surface area contributed by atoms with E-state index in [0.717, 1.165) is 4.73 Å². The fraction of sp³-hybridized carbons (Fsp3) is 0. The quantitative estimate of drug-likeness (QED) is 0.432. The van der Waals surface area contributed by atoms with Crippen LogP contribution in [0.4, 0.5) is 0 Å². The standard InChI is InChI=1S/C7H6NO2/c9-8-4-1-2-7-6(8)3-5-10-7/h1-5,9H/q+1. The summed E-state index contributed by atoms with van der Waals surface area (Å²) in [5.41, 5.74) is 1.37. The minimum atomic E-state index is 0.683. The molecule has 0 fully saturated rings. The van der Waals surface area contributed by atoms with Crippen molar-refractivity contribution in [1.82, 2.24) is 0 Å². The lowest BCUT2D eigenvalue weighted by atomic mass is 10.4. The van der Waals surface area contributed by atoms with Gasteiger partial charge in [0, 0.05) is 10.8 Å². The molecule has 2 heterocycles. The normalized spacial score (nSPS) is 10.4. The van der Waals surface area contributed by atoms with Crippen molar-refractivity contribution in [3.8, 4) is 0 Å². The van der Waals surface area contributed by atoms with Crippen molar-refractivity contribution in [3.63, 3.8) is 0 Å². The second-order valence-corrected chi connectivity index (χ2v) is 2.02. The number of nitrogens with zero attached hydrogens (tertiary/aromatic N) is 1. The maximum absolute atomic E-state index is 9.12. The number of rotatable bonds is 0. The number of fused-ring (bicyclic) bond motifs is 1. The molecule has 2 aromatic rings. The van der Waals surface area contributed by atoms with Gasteiger partial charge in [-0.15, -0.1) is 0 Å². The van der Waals surface area contributed by atoms with Crippen molar-refractivity contribution >= 4 is 11.1 Å². The van der Waals surface area contributed by atoms with E-state index in [4.69, 9.17) is 9.62 Å². The van der Waals surface area contributed by atoms with Gasteiger partial charge in [0.15, 0.2) is 0 Å². The number of hydrogen-bond donors (Lipinski definition) is 1. The molecule has 3 heteroatoms. The third-order valence-corrected chi connectivity index (χ3v) is 1.40. The first kappa shape index (κ1) is 5.29. The van der Waals surface area contributed by atoms with Crippen LogP contribution < -0.4 is 4.73 Å². The van der Waals surface area contributed by atoms with Gasteiger partial charge in [-0.05, 0) is 6.07 Å². The van der Waals surface area contributed by atoms with Crippen LogP contribution in [0.3, 0.4) is 0 Å². The van der Waals surface area contributed by atoms with Gasteiger partial charge < -0.3 is 4.42 Å². The Labute approximate surface area is 57.1 Å². The zero-order valence-electron chi connectivity index (χ0n) is 5.19. The SMILES string of the molecule is O[n+]1cccc2occc21. The minimum Gasteiger partial charge on any atom is -0.458 e. The summed E-state index contributed by atoms with van der Waals surface area (Å²) in [7, 11) is 0. The zero-order valence-corrected chi connectivity index (χ0v) is 5.19. The molecule has 10 heavy (non-hydrogen) atoms. The van der Waals surface area contributed by atoms with Crippen molar-refractivity contribution < 1.29 is 14.4 Å². The molecule has 1 N–H and O–H groups in total. The van der Waals surface area contributed by atoms with Crippen LogP contribution in [0.5, 0.6) is 0 Å². The van der Waals surface area contributed by atoms with E-state index in [-0.39, 0.29) is 0 Å². The molecule has 0 saturated carbocycles. The number of pyridine rings is 1. The van der Waals surface area contributed by atoms with Gasteiger partial charge in [0.25, 0.3) is 0 Å². The van der Waals surface area contributed by atoms with Gasteiger partial charge in [-0.3, -0.25) is 5.21 Å². The number of aromatic nitrogens is 1.